The summed E-state index contributed by atoms with van der Waals surface area (Å²) in [4.78, 5) is 0. The number of benzene rings is 3. The van der Waals surface area contributed by atoms with Crippen LogP contribution in [0.25, 0.3) is 10.8 Å². The molecular formula is C29H23F5O. The molecule has 1 fully saturated rings. The maximum Gasteiger partial charge on any atom is 0.387 e. The van der Waals surface area contributed by atoms with Gasteiger partial charge in [0.1, 0.15) is 5.82 Å². The molecule has 1 nitrogen and oxygen atoms in total. The van der Waals surface area contributed by atoms with E-state index in [1.807, 2.05) is 12.1 Å². The summed E-state index contributed by atoms with van der Waals surface area (Å²) in [6.07, 6.45) is 12.0. The zero-order chi connectivity index (χ0) is 24.9. The van der Waals surface area contributed by atoms with Crippen molar-refractivity contribution in [3.8, 4) is 29.9 Å². The summed E-state index contributed by atoms with van der Waals surface area (Å²) in [5, 5.41) is 1.14. The summed E-state index contributed by atoms with van der Waals surface area (Å²) >= 11 is 0. The first-order chi connectivity index (χ1) is 16.8. The highest BCUT2D eigenvalue weighted by molar-refractivity contribution is 5.85. The molecule has 0 aliphatic heterocycles. The van der Waals surface area contributed by atoms with Crippen molar-refractivity contribution in [2.75, 3.05) is 0 Å². The van der Waals surface area contributed by atoms with Crippen molar-refractivity contribution in [3.63, 3.8) is 0 Å². The van der Waals surface area contributed by atoms with Crippen molar-refractivity contribution in [1.29, 1.82) is 0 Å². The predicted octanol–water partition coefficient (Wildman–Crippen LogP) is 7.63. The highest BCUT2D eigenvalue weighted by atomic mass is 19.3. The second-order valence-electron chi connectivity index (χ2n) is 8.80. The maximum absolute atomic E-state index is 15.0. The molecule has 0 N–H and O–H groups in total. The molecule has 0 spiro atoms. The van der Waals surface area contributed by atoms with Crippen molar-refractivity contribution in [2.24, 2.45) is 11.8 Å². The fraction of sp³-hybridized carbons (Fsp3) is 0.310. The molecule has 3 aromatic carbocycles. The summed E-state index contributed by atoms with van der Waals surface area (Å²) in [7, 11) is 0. The first-order valence-corrected chi connectivity index (χ1v) is 11.5. The van der Waals surface area contributed by atoms with Crippen LogP contribution >= 0.6 is 0 Å². The van der Waals surface area contributed by atoms with Crippen LogP contribution in [-0.4, -0.2) is 6.61 Å². The largest absolute Gasteiger partial charge is 0.429 e. The number of alkyl halides is 2. The quantitative estimate of drug-likeness (QED) is 0.268. The zero-order valence-corrected chi connectivity index (χ0v) is 18.9. The molecule has 0 amide bonds. The minimum Gasteiger partial charge on any atom is -0.429 e. The molecule has 0 unspecified atom stereocenters. The highest BCUT2D eigenvalue weighted by Crippen LogP contribution is 2.32. The molecule has 0 bridgehead atoms. The molecule has 1 aliphatic rings. The van der Waals surface area contributed by atoms with Crippen LogP contribution in [0.1, 0.15) is 48.8 Å². The van der Waals surface area contributed by atoms with E-state index >= 15 is 4.39 Å². The lowest BCUT2D eigenvalue weighted by molar-refractivity contribution is -0.0546. The Kier molecular flexibility index (Phi) is 7.61. The third-order valence-corrected chi connectivity index (χ3v) is 6.49. The van der Waals surface area contributed by atoms with Crippen molar-refractivity contribution in [3.05, 3.63) is 76.6 Å². The molecule has 3 aromatic rings. The third kappa shape index (κ3) is 5.95. The van der Waals surface area contributed by atoms with E-state index in [-0.39, 0.29) is 11.1 Å². The van der Waals surface area contributed by atoms with Crippen LogP contribution in [0, 0.1) is 53.5 Å². The van der Waals surface area contributed by atoms with E-state index in [0.29, 0.717) is 17.2 Å². The molecular weight excluding hydrogens is 459 g/mol. The van der Waals surface area contributed by atoms with Crippen LogP contribution in [-0.2, 0) is 6.42 Å². The van der Waals surface area contributed by atoms with E-state index in [2.05, 4.69) is 22.5 Å². The van der Waals surface area contributed by atoms with Gasteiger partial charge >= 0.3 is 6.61 Å². The van der Waals surface area contributed by atoms with E-state index < -0.39 is 29.8 Å². The number of hydrogen-bond acceptors (Lipinski definition) is 1. The van der Waals surface area contributed by atoms with Gasteiger partial charge in [-0.3, -0.25) is 0 Å². The molecule has 35 heavy (non-hydrogen) atoms. The Hall–Kier alpha value is -3.51. The number of aryl methyl sites for hydroxylation is 1. The average molecular weight is 482 g/mol. The Morgan fingerprint density at radius 1 is 0.914 bits per heavy atom. The van der Waals surface area contributed by atoms with Gasteiger partial charge in [-0.15, -0.1) is 12.3 Å². The molecule has 1 saturated carbocycles. The molecule has 0 radical (unpaired) electrons. The Bertz CT molecular complexity index is 1300. The van der Waals surface area contributed by atoms with Gasteiger partial charge in [0.15, 0.2) is 17.4 Å². The summed E-state index contributed by atoms with van der Waals surface area (Å²) in [5.74, 6) is 4.62. The molecule has 6 heteroatoms. The Morgan fingerprint density at radius 2 is 1.63 bits per heavy atom. The number of fused-ring (bicyclic) bond motifs is 1. The van der Waals surface area contributed by atoms with Gasteiger partial charge in [-0.05, 0) is 73.6 Å². The second-order valence-corrected chi connectivity index (χ2v) is 8.80. The van der Waals surface area contributed by atoms with Gasteiger partial charge in [-0.2, -0.15) is 8.78 Å². The number of terminal acetylenes is 1. The van der Waals surface area contributed by atoms with Gasteiger partial charge in [0, 0.05) is 16.9 Å². The van der Waals surface area contributed by atoms with Gasteiger partial charge in [-0.25, -0.2) is 13.2 Å². The first kappa shape index (κ1) is 24.6. The fourth-order valence-electron chi connectivity index (χ4n) is 4.56. The summed E-state index contributed by atoms with van der Waals surface area (Å²) in [6, 6.07) is 10.4. The van der Waals surface area contributed by atoms with E-state index in [1.165, 1.54) is 6.07 Å². The van der Waals surface area contributed by atoms with Crippen molar-refractivity contribution in [2.45, 2.75) is 45.1 Å². The van der Waals surface area contributed by atoms with Crippen LogP contribution in [0.3, 0.4) is 0 Å². The summed E-state index contributed by atoms with van der Waals surface area (Å²) < 4.78 is 71.2. The molecule has 1 aliphatic carbocycles. The minimum absolute atomic E-state index is 0.0595. The van der Waals surface area contributed by atoms with Crippen LogP contribution in [0.15, 0.2) is 42.5 Å². The monoisotopic (exact) mass is 482 g/mol. The van der Waals surface area contributed by atoms with Crippen LogP contribution in [0.5, 0.6) is 5.75 Å². The average Bonchev–Trinajstić information content (AvgIpc) is 2.84. The molecule has 0 heterocycles. The smallest absolute Gasteiger partial charge is 0.387 e. The van der Waals surface area contributed by atoms with Crippen LogP contribution in [0.2, 0.25) is 0 Å². The van der Waals surface area contributed by atoms with E-state index in [0.717, 1.165) is 61.6 Å². The number of rotatable bonds is 5. The van der Waals surface area contributed by atoms with Crippen molar-refractivity contribution < 1.29 is 26.7 Å². The van der Waals surface area contributed by atoms with Gasteiger partial charge in [-0.1, -0.05) is 36.1 Å². The van der Waals surface area contributed by atoms with Gasteiger partial charge < -0.3 is 4.74 Å². The Morgan fingerprint density at radius 3 is 2.29 bits per heavy atom. The number of halogens is 5. The normalized spacial score (nSPS) is 17.6. The number of ether oxygens (including phenoxy) is 1. The van der Waals surface area contributed by atoms with Crippen LogP contribution in [0.4, 0.5) is 22.0 Å². The van der Waals surface area contributed by atoms with E-state index in [1.54, 1.807) is 12.1 Å². The van der Waals surface area contributed by atoms with Crippen molar-refractivity contribution >= 4 is 10.8 Å². The standard InChI is InChI=1S/C29H23F5O/c1-2-18-3-5-19(6-4-18)7-8-20-10-14-24-23(15-20)13-12-22(27(24)32)11-9-21-16-25(30)28(26(31)17-21)35-29(33)34/h1,10,12-19,29H,3-8H2. The van der Waals surface area contributed by atoms with Gasteiger partial charge in [0.05, 0.1) is 5.56 Å². The lowest BCUT2D eigenvalue weighted by atomic mass is 9.80. The molecule has 0 aromatic heterocycles. The molecule has 4 rings (SSSR count). The predicted molar refractivity (Wildman–Crippen MR) is 125 cm³/mol. The van der Waals surface area contributed by atoms with E-state index in [4.69, 9.17) is 6.42 Å². The maximum atomic E-state index is 15.0. The summed E-state index contributed by atoms with van der Waals surface area (Å²) in [6.45, 7) is -3.36. The van der Waals surface area contributed by atoms with Crippen molar-refractivity contribution in [1.82, 2.24) is 0 Å². The molecule has 180 valence electrons. The first-order valence-electron chi connectivity index (χ1n) is 11.5. The number of hydrogen-bond donors (Lipinski definition) is 0. The van der Waals surface area contributed by atoms with Gasteiger partial charge in [0.2, 0.25) is 0 Å². The Balaban J connectivity index is 1.48. The third-order valence-electron chi connectivity index (χ3n) is 6.49. The Labute approximate surface area is 201 Å². The highest BCUT2D eigenvalue weighted by Gasteiger charge is 2.20. The van der Waals surface area contributed by atoms with E-state index in [9.17, 15) is 17.6 Å². The second kappa shape index (κ2) is 10.8. The minimum atomic E-state index is -3.36. The topological polar surface area (TPSA) is 9.23 Å². The zero-order valence-electron chi connectivity index (χ0n) is 18.9. The molecule has 0 saturated heterocycles. The molecule has 0 atom stereocenters. The van der Waals surface area contributed by atoms with Gasteiger partial charge in [0.25, 0.3) is 0 Å². The van der Waals surface area contributed by atoms with Crippen LogP contribution < -0.4 is 4.74 Å². The SMILES string of the molecule is C#CC1CCC(CCc2ccc3c(F)c(C#Cc4cc(F)c(OC(F)F)c(F)c4)ccc3c2)CC1. The lowest BCUT2D eigenvalue weighted by Crippen LogP contribution is -2.13. The fourth-order valence-corrected chi connectivity index (χ4v) is 4.56. The summed E-state index contributed by atoms with van der Waals surface area (Å²) in [5.41, 5.74) is 1.06. The lowest BCUT2D eigenvalue weighted by Gasteiger charge is -2.25.